The standard InChI is InChI=1S/C18H20FNO3/c1-12(15-9-8-14(22-2)11-17(15)23-3)20-18(21)10-13-6-4-5-7-16(13)19/h4-9,11-12H,10H2,1-3H3,(H,20,21). The molecule has 0 aliphatic heterocycles. The van der Waals surface area contributed by atoms with Crippen molar-refractivity contribution in [2.24, 2.45) is 0 Å². The average molecular weight is 317 g/mol. The minimum absolute atomic E-state index is 0.00448. The minimum Gasteiger partial charge on any atom is -0.497 e. The van der Waals surface area contributed by atoms with Crippen LogP contribution in [0.4, 0.5) is 4.39 Å². The number of amides is 1. The highest BCUT2D eigenvalue weighted by molar-refractivity contribution is 5.79. The van der Waals surface area contributed by atoms with Gasteiger partial charge in [-0.3, -0.25) is 4.79 Å². The zero-order valence-corrected chi connectivity index (χ0v) is 13.4. The molecule has 5 heteroatoms. The molecule has 2 aromatic rings. The lowest BCUT2D eigenvalue weighted by Crippen LogP contribution is -2.28. The minimum atomic E-state index is -0.377. The first-order valence-corrected chi connectivity index (χ1v) is 7.30. The number of carbonyl (C=O) groups is 1. The molecule has 2 rings (SSSR count). The third-order valence-electron chi connectivity index (χ3n) is 3.59. The Bertz CT molecular complexity index is 688. The van der Waals surface area contributed by atoms with E-state index in [-0.39, 0.29) is 24.2 Å². The molecule has 1 N–H and O–H groups in total. The summed E-state index contributed by atoms with van der Waals surface area (Å²) < 4.78 is 24.1. The predicted octanol–water partition coefficient (Wildman–Crippen LogP) is 3.26. The first kappa shape index (κ1) is 16.8. The summed E-state index contributed by atoms with van der Waals surface area (Å²) in [6.45, 7) is 1.85. The molecule has 1 atom stereocenters. The van der Waals surface area contributed by atoms with Crippen molar-refractivity contribution in [3.63, 3.8) is 0 Å². The highest BCUT2D eigenvalue weighted by Crippen LogP contribution is 2.29. The first-order valence-electron chi connectivity index (χ1n) is 7.30. The zero-order valence-electron chi connectivity index (χ0n) is 13.4. The van der Waals surface area contributed by atoms with Crippen molar-refractivity contribution >= 4 is 5.91 Å². The van der Waals surface area contributed by atoms with Crippen molar-refractivity contribution in [3.05, 3.63) is 59.4 Å². The van der Waals surface area contributed by atoms with E-state index < -0.39 is 0 Å². The van der Waals surface area contributed by atoms with Gasteiger partial charge in [0.25, 0.3) is 0 Å². The second-order valence-electron chi connectivity index (χ2n) is 5.17. The fraction of sp³-hybridized carbons (Fsp3) is 0.278. The average Bonchev–Trinajstić information content (AvgIpc) is 2.56. The molecular weight excluding hydrogens is 297 g/mol. The van der Waals surface area contributed by atoms with Crippen molar-refractivity contribution in [1.82, 2.24) is 5.32 Å². The summed E-state index contributed by atoms with van der Waals surface area (Å²) in [5.74, 6) is 0.677. The number of nitrogens with one attached hydrogen (secondary N) is 1. The molecule has 23 heavy (non-hydrogen) atoms. The van der Waals surface area contributed by atoms with Crippen LogP contribution in [0.25, 0.3) is 0 Å². The summed E-state index contributed by atoms with van der Waals surface area (Å²) in [5.41, 5.74) is 1.20. The Morgan fingerprint density at radius 1 is 1.17 bits per heavy atom. The van der Waals surface area contributed by atoms with Crippen molar-refractivity contribution in [3.8, 4) is 11.5 Å². The Morgan fingerprint density at radius 2 is 1.91 bits per heavy atom. The maximum atomic E-state index is 13.6. The van der Waals surface area contributed by atoms with Gasteiger partial charge in [0.15, 0.2) is 0 Å². The number of benzene rings is 2. The van der Waals surface area contributed by atoms with E-state index in [0.29, 0.717) is 17.1 Å². The first-order chi connectivity index (χ1) is 11.0. The fourth-order valence-electron chi connectivity index (χ4n) is 2.36. The van der Waals surface area contributed by atoms with Crippen LogP contribution in [0.15, 0.2) is 42.5 Å². The maximum absolute atomic E-state index is 13.6. The van der Waals surface area contributed by atoms with E-state index in [2.05, 4.69) is 5.32 Å². The van der Waals surface area contributed by atoms with Crippen molar-refractivity contribution in [2.45, 2.75) is 19.4 Å². The van der Waals surface area contributed by atoms with E-state index in [0.717, 1.165) is 5.56 Å². The van der Waals surface area contributed by atoms with Crippen LogP contribution in [0.2, 0.25) is 0 Å². The molecule has 0 fully saturated rings. The smallest absolute Gasteiger partial charge is 0.225 e. The molecule has 2 aromatic carbocycles. The third-order valence-corrected chi connectivity index (χ3v) is 3.59. The van der Waals surface area contributed by atoms with Gasteiger partial charge in [0.05, 0.1) is 26.7 Å². The van der Waals surface area contributed by atoms with E-state index in [4.69, 9.17) is 9.47 Å². The van der Waals surface area contributed by atoms with Crippen LogP contribution in [0.1, 0.15) is 24.1 Å². The molecule has 0 heterocycles. The summed E-state index contributed by atoms with van der Waals surface area (Å²) in [4.78, 5) is 12.1. The lowest BCUT2D eigenvalue weighted by atomic mass is 10.1. The summed E-state index contributed by atoms with van der Waals surface area (Å²) in [7, 11) is 3.14. The fourth-order valence-corrected chi connectivity index (χ4v) is 2.36. The number of hydrogen-bond donors (Lipinski definition) is 1. The van der Waals surface area contributed by atoms with Crippen LogP contribution in [-0.4, -0.2) is 20.1 Å². The van der Waals surface area contributed by atoms with Crippen LogP contribution in [0.5, 0.6) is 11.5 Å². The van der Waals surface area contributed by atoms with Gasteiger partial charge in [0.1, 0.15) is 17.3 Å². The molecule has 122 valence electrons. The van der Waals surface area contributed by atoms with Crippen molar-refractivity contribution in [2.75, 3.05) is 14.2 Å². The lowest BCUT2D eigenvalue weighted by Gasteiger charge is -2.18. The molecular formula is C18H20FNO3. The Hall–Kier alpha value is -2.56. The summed E-state index contributed by atoms with van der Waals surface area (Å²) in [6, 6.07) is 11.4. The molecule has 1 unspecified atom stereocenters. The van der Waals surface area contributed by atoms with Crippen molar-refractivity contribution in [1.29, 1.82) is 0 Å². The Balaban J connectivity index is 2.08. The molecule has 0 aliphatic carbocycles. The van der Waals surface area contributed by atoms with Gasteiger partial charge in [0, 0.05) is 11.6 Å². The maximum Gasteiger partial charge on any atom is 0.225 e. The number of ether oxygens (including phenoxy) is 2. The second-order valence-corrected chi connectivity index (χ2v) is 5.17. The van der Waals surface area contributed by atoms with E-state index in [1.807, 2.05) is 13.0 Å². The SMILES string of the molecule is COc1ccc(C(C)NC(=O)Cc2ccccc2F)c(OC)c1. The van der Waals surface area contributed by atoms with E-state index >= 15 is 0 Å². The molecule has 0 bridgehead atoms. The molecule has 0 spiro atoms. The predicted molar refractivity (Wildman–Crippen MR) is 86.2 cm³/mol. The second kappa shape index (κ2) is 7.63. The van der Waals surface area contributed by atoms with Crippen LogP contribution >= 0.6 is 0 Å². The summed E-state index contributed by atoms with van der Waals surface area (Å²) >= 11 is 0. The van der Waals surface area contributed by atoms with Gasteiger partial charge >= 0.3 is 0 Å². The topological polar surface area (TPSA) is 47.6 Å². The van der Waals surface area contributed by atoms with Gasteiger partial charge in [-0.25, -0.2) is 4.39 Å². The van der Waals surface area contributed by atoms with Gasteiger partial charge in [0.2, 0.25) is 5.91 Å². The highest BCUT2D eigenvalue weighted by Gasteiger charge is 2.16. The Kier molecular flexibility index (Phi) is 5.57. The summed E-state index contributed by atoms with van der Waals surface area (Å²) in [5, 5.41) is 2.86. The zero-order chi connectivity index (χ0) is 16.8. The van der Waals surface area contributed by atoms with Gasteiger partial charge in [-0.1, -0.05) is 18.2 Å². The number of carbonyl (C=O) groups excluding carboxylic acids is 1. The van der Waals surface area contributed by atoms with Gasteiger partial charge in [-0.2, -0.15) is 0 Å². The van der Waals surface area contributed by atoms with Crippen LogP contribution in [0, 0.1) is 5.82 Å². The molecule has 0 radical (unpaired) electrons. The highest BCUT2D eigenvalue weighted by atomic mass is 19.1. The number of hydrogen-bond acceptors (Lipinski definition) is 3. The molecule has 0 saturated carbocycles. The molecule has 0 aromatic heterocycles. The number of rotatable bonds is 6. The van der Waals surface area contributed by atoms with Crippen molar-refractivity contribution < 1.29 is 18.7 Å². The van der Waals surface area contributed by atoms with Gasteiger partial charge in [-0.15, -0.1) is 0 Å². The van der Waals surface area contributed by atoms with E-state index in [1.165, 1.54) is 6.07 Å². The normalized spacial score (nSPS) is 11.7. The summed E-state index contributed by atoms with van der Waals surface area (Å²) in [6.07, 6.45) is -0.00448. The number of methoxy groups -OCH3 is 2. The van der Waals surface area contributed by atoms with Crippen LogP contribution in [-0.2, 0) is 11.2 Å². The molecule has 1 amide bonds. The van der Waals surface area contributed by atoms with E-state index in [9.17, 15) is 9.18 Å². The largest absolute Gasteiger partial charge is 0.497 e. The van der Waals surface area contributed by atoms with Gasteiger partial charge in [-0.05, 0) is 30.7 Å². The molecule has 0 saturated heterocycles. The molecule has 0 aliphatic rings. The number of halogens is 1. The third kappa shape index (κ3) is 4.22. The van der Waals surface area contributed by atoms with Crippen LogP contribution < -0.4 is 14.8 Å². The van der Waals surface area contributed by atoms with Gasteiger partial charge < -0.3 is 14.8 Å². The Labute approximate surface area is 135 Å². The quantitative estimate of drug-likeness (QED) is 0.889. The van der Waals surface area contributed by atoms with Crippen LogP contribution in [0.3, 0.4) is 0 Å². The Morgan fingerprint density at radius 3 is 2.57 bits per heavy atom. The molecule has 4 nitrogen and oxygen atoms in total. The monoisotopic (exact) mass is 317 g/mol. The van der Waals surface area contributed by atoms with E-state index in [1.54, 1.807) is 44.6 Å². The lowest BCUT2D eigenvalue weighted by molar-refractivity contribution is -0.121.